The minimum absolute atomic E-state index is 0.835. The van der Waals surface area contributed by atoms with Gasteiger partial charge in [0, 0.05) is 11.5 Å². The van der Waals surface area contributed by atoms with E-state index in [4.69, 9.17) is 5.73 Å². The van der Waals surface area contributed by atoms with Crippen molar-refractivity contribution in [2.24, 2.45) is 5.73 Å². The van der Waals surface area contributed by atoms with Gasteiger partial charge in [-0.05, 0) is 19.4 Å². The van der Waals surface area contributed by atoms with Crippen molar-refractivity contribution in [2.45, 2.75) is 26.2 Å². The Bertz CT molecular complexity index is 51.6. The van der Waals surface area contributed by atoms with E-state index in [0.717, 1.165) is 13.0 Å². The van der Waals surface area contributed by atoms with Crippen LogP contribution in [0.15, 0.2) is 0 Å². The number of nitrogens with two attached hydrogens (primary N) is 1. The quantitative estimate of drug-likeness (QED) is 0.480. The van der Waals surface area contributed by atoms with Crippen LogP contribution in [0.2, 0.25) is 0 Å². The molecule has 0 bridgehead atoms. The van der Waals surface area contributed by atoms with Gasteiger partial charge in [-0.15, -0.1) is 0 Å². The average molecular weight is 179 g/mol. The molecule has 0 aliphatic heterocycles. The highest BCUT2D eigenvalue weighted by Crippen LogP contribution is 2.22. The number of unbranched alkanes of at least 4 members (excludes halogenated alkanes) is 1. The molecule has 0 fully saturated rings. The van der Waals surface area contributed by atoms with Gasteiger partial charge in [-0.2, -0.15) is 0 Å². The summed E-state index contributed by atoms with van der Waals surface area (Å²) in [7, 11) is 3.93. The normalized spacial score (nSPS) is 10.2. The molecule has 0 radical (unpaired) electrons. The Morgan fingerprint density at radius 3 is 2.20 bits per heavy atom. The van der Waals surface area contributed by atoms with Gasteiger partial charge in [0.25, 0.3) is 0 Å². The minimum Gasteiger partial charge on any atom is -0.330 e. The Kier molecular flexibility index (Phi) is 10.3. The molecule has 3 heteroatoms. The van der Waals surface area contributed by atoms with Crippen molar-refractivity contribution in [3.05, 3.63) is 0 Å². The van der Waals surface area contributed by atoms with Crippen molar-refractivity contribution in [1.29, 1.82) is 0 Å². The summed E-state index contributed by atoms with van der Waals surface area (Å²) in [5.74, 6) is 2.51. The van der Waals surface area contributed by atoms with Crippen LogP contribution in [-0.2, 0) is 0 Å². The van der Waals surface area contributed by atoms with Crippen LogP contribution in [0.4, 0.5) is 0 Å². The zero-order valence-corrected chi connectivity index (χ0v) is 8.27. The third-order valence-electron chi connectivity index (χ3n) is 1.10. The second-order valence-corrected chi connectivity index (χ2v) is 4.84. The predicted molar refractivity (Wildman–Crippen MR) is 53.5 cm³/mol. The first-order chi connectivity index (χ1) is 4.91. The lowest BCUT2D eigenvalue weighted by molar-refractivity contribution is 0.898. The van der Waals surface area contributed by atoms with E-state index in [1.165, 1.54) is 24.3 Å². The topological polar surface area (TPSA) is 26.0 Å². The molecule has 0 amide bonds. The van der Waals surface area contributed by atoms with Crippen LogP contribution in [0.1, 0.15) is 26.2 Å². The molecule has 0 saturated carbocycles. The van der Waals surface area contributed by atoms with Gasteiger partial charge < -0.3 is 5.73 Å². The van der Waals surface area contributed by atoms with Crippen molar-refractivity contribution in [2.75, 3.05) is 18.1 Å². The van der Waals surface area contributed by atoms with Crippen LogP contribution in [-0.4, -0.2) is 18.1 Å². The Hall–Kier alpha value is 0.660. The molecule has 2 N–H and O–H groups in total. The SMILES string of the molecule is CCCCSSCCCN. The van der Waals surface area contributed by atoms with E-state index in [9.17, 15) is 0 Å². The summed E-state index contributed by atoms with van der Waals surface area (Å²) in [5, 5.41) is 0. The van der Waals surface area contributed by atoms with Crippen LogP contribution < -0.4 is 5.73 Å². The maximum absolute atomic E-state index is 5.35. The number of rotatable bonds is 7. The predicted octanol–water partition coefficient (Wildman–Crippen LogP) is 2.52. The van der Waals surface area contributed by atoms with E-state index in [1.54, 1.807) is 0 Å². The molecule has 0 rings (SSSR count). The highest BCUT2D eigenvalue weighted by atomic mass is 33.1. The summed E-state index contributed by atoms with van der Waals surface area (Å²) in [6, 6.07) is 0. The second-order valence-electron chi connectivity index (χ2n) is 2.14. The van der Waals surface area contributed by atoms with E-state index >= 15 is 0 Å². The van der Waals surface area contributed by atoms with Gasteiger partial charge in [0.05, 0.1) is 0 Å². The first-order valence-corrected chi connectivity index (χ1v) is 6.35. The molecule has 62 valence electrons. The fourth-order valence-corrected chi connectivity index (χ4v) is 2.80. The minimum atomic E-state index is 0.835. The van der Waals surface area contributed by atoms with Gasteiger partial charge >= 0.3 is 0 Å². The molecule has 0 spiro atoms. The second kappa shape index (κ2) is 9.66. The molecule has 0 saturated heterocycles. The number of hydrogen-bond acceptors (Lipinski definition) is 3. The molecule has 0 aliphatic carbocycles. The molecule has 0 aromatic heterocycles. The maximum atomic E-state index is 5.35. The van der Waals surface area contributed by atoms with Gasteiger partial charge in [0.1, 0.15) is 0 Å². The first kappa shape index (κ1) is 10.7. The van der Waals surface area contributed by atoms with E-state index in [1.807, 2.05) is 21.6 Å². The molecule has 0 aliphatic rings. The standard InChI is InChI=1S/C7H17NS2/c1-2-3-6-9-10-7-4-5-8/h2-8H2,1H3. The smallest absolute Gasteiger partial charge is 0.00489 e. The van der Waals surface area contributed by atoms with E-state index < -0.39 is 0 Å². The summed E-state index contributed by atoms with van der Waals surface area (Å²) < 4.78 is 0. The van der Waals surface area contributed by atoms with Crippen molar-refractivity contribution >= 4 is 21.6 Å². The van der Waals surface area contributed by atoms with Crippen molar-refractivity contribution in [3.63, 3.8) is 0 Å². The van der Waals surface area contributed by atoms with Gasteiger partial charge in [0.2, 0.25) is 0 Å². The van der Waals surface area contributed by atoms with Crippen LogP contribution >= 0.6 is 21.6 Å². The van der Waals surface area contributed by atoms with E-state index in [2.05, 4.69) is 6.92 Å². The zero-order chi connectivity index (χ0) is 7.66. The summed E-state index contributed by atoms with van der Waals surface area (Å²) in [4.78, 5) is 0. The van der Waals surface area contributed by atoms with Gasteiger partial charge in [-0.3, -0.25) is 0 Å². The molecule has 0 atom stereocenters. The maximum Gasteiger partial charge on any atom is 0.00489 e. The Balaban J connectivity index is 2.65. The fraction of sp³-hybridized carbons (Fsp3) is 1.00. The van der Waals surface area contributed by atoms with Gasteiger partial charge in [-0.1, -0.05) is 34.9 Å². The Morgan fingerprint density at radius 2 is 1.70 bits per heavy atom. The monoisotopic (exact) mass is 179 g/mol. The zero-order valence-electron chi connectivity index (χ0n) is 6.64. The third kappa shape index (κ3) is 8.66. The lowest BCUT2D eigenvalue weighted by Crippen LogP contribution is -1.98. The van der Waals surface area contributed by atoms with Crippen LogP contribution in [0.25, 0.3) is 0 Å². The van der Waals surface area contributed by atoms with Gasteiger partial charge in [-0.25, -0.2) is 0 Å². The highest BCUT2D eigenvalue weighted by Gasteiger charge is 1.88. The van der Waals surface area contributed by atoms with Crippen LogP contribution in [0, 0.1) is 0 Å². The van der Waals surface area contributed by atoms with Crippen LogP contribution in [0.3, 0.4) is 0 Å². The fourth-order valence-electron chi connectivity index (χ4n) is 0.463. The largest absolute Gasteiger partial charge is 0.330 e. The first-order valence-electron chi connectivity index (χ1n) is 3.86. The summed E-state index contributed by atoms with van der Waals surface area (Å²) in [5.41, 5.74) is 5.35. The third-order valence-corrected chi connectivity index (χ3v) is 3.67. The number of hydrogen-bond donors (Lipinski definition) is 1. The summed E-state index contributed by atoms with van der Waals surface area (Å²) in [6.45, 7) is 3.06. The van der Waals surface area contributed by atoms with Crippen molar-refractivity contribution < 1.29 is 0 Å². The summed E-state index contributed by atoms with van der Waals surface area (Å²) in [6.07, 6.45) is 3.81. The van der Waals surface area contributed by atoms with E-state index in [-0.39, 0.29) is 0 Å². The lowest BCUT2D eigenvalue weighted by Gasteiger charge is -1.97. The van der Waals surface area contributed by atoms with Crippen molar-refractivity contribution in [1.82, 2.24) is 0 Å². The molecule has 10 heavy (non-hydrogen) atoms. The molecular weight excluding hydrogens is 162 g/mol. The molecule has 0 aromatic carbocycles. The van der Waals surface area contributed by atoms with Gasteiger partial charge in [0.15, 0.2) is 0 Å². The molecule has 1 nitrogen and oxygen atoms in total. The highest BCUT2D eigenvalue weighted by molar-refractivity contribution is 8.76. The molecular formula is C7H17NS2. The lowest BCUT2D eigenvalue weighted by atomic mass is 10.4. The Morgan fingerprint density at radius 1 is 1.10 bits per heavy atom. The molecule has 0 aromatic rings. The van der Waals surface area contributed by atoms with Crippen LogP contribution in [0.5, 0.6) is 0 Å². The Labute approximate surface area is 71.9 Å². The van der Waals surface area contributed by atoms with Crippen molar-refractivity contribution in [3.8, 4) is 0 Å². The molecule has 0 heterocycles. The van der Waals surface area contributed by atoms with E-state index in [0.29, 0.717) is 0 Å². The summed E-state index contributed by atoms with van der Waals surface area (Å²) >= 11 is 0. The average Bonchev–Trinajstić information content (AvgIpc) is 1.97. The molecule has 0 unspecified atom stereocenters.